The van der Waals surface area contributed by atoms with Gasteiger partial charge in [-0.2, -0.15) is 0 Å². The number of rotatable bonds is 9. The molecule has 34 heavy (non-hydrogen) atoms. The summed E-state index contributed by atoms with van der Waals surface area (Å²) in [5.41, 5.74) is 7.68. The molecule has 11 nitrogen and oxygen atoms in total. The first kappa shape index (κ1) is 24.2. The third-order valence-electron chi connectivity index (χ3n) is 5.20. The normalized spacial score (nSPS) is 20.3. The molecule has 2 aliphatic heterocycles. The second-order valence-electron chi connectivity index (χ2n) is 7.39. The zero-order valence-electron chi connectivity index (χ0n) is 17.8. The average molecular weight is 521 g/mol. The molecule has 4 rings (SSSR count). The number of aliphatic carboxylic acids is 1. The standard InChI is InChI=1S/C20H20N6O5S3/c1-9-24-25-20(34-9)33-7-11-6-32-18-14(17(29)26(18)15(11)19(30)31)23-16(28)13(21)10-2-4-12(5-3-10)22-8-27/h2-5,8,13-14,18H,6-7,21H2,1H3,(H,22,27)(H,23,28)(H,30,31)/t13?,14?,18-/m0/s1. The number of carboxylic acid groups (broad SMARTS) is 1. The van der Waals surface area contributed by atoms with E-state index < -0.39 is 35.2 Å². The summed E-state index contributed by atoms with van der Waals surface area (Å²) in [5, 5.41) is 23.2. The molecule has 0 radical (unpaired) electrons. The number of aryl methyl sites for hydroxylation is 1. The number of nitrogens with two attached hydrogens (primary N) is 1. The molecule has 14 heteroatoms. The number of carbonyl (C=O) groups is 4. The van der Waals surface area contributed by atoms with Crippen LogP contribution < -0.4 is 16.4 Å². The smallest absolute Gasteiger partial charge is 0.352 e. The van der Waals surface area contributed by atoms with Crippen LogP contribution in [0.15, 0.2) is 39.9 Å². The Hall–Kier alpha value is -2.94. The molecule has 1 aromatic heterocycles. The maximum absolute atomic E-state index is 12.8. The highest BCUT2D eigenvalue weighted by Crippen LogP contribution is 2.42. The highest BCUT2D eigenvalue weighted by molar-refractivity contribution is 8.01. The number of carbonyl (C=O) groups excluding carboxylic acids is 3. The van der Waals surface area contributed by atoms with Crippen LogP contribution in [0.5, 0.6) is 0 Å². The van der Waals surface area contributed by atoms with Gasteiger partial charge in [-0.25, -0.2) is 4.79 Å². The fourth-order valence-corrected chi connectivity index (χ4v) is 6.83. The van der Waals surface area contributed by atoms with Crippen LogP contribution in [0.3, 0.4) is 0 Å². The molecule has 1 aromatic carbocycles. The minimum absolute atomic E-state index is 0.0458. The number of β-lactam (4-membered cyclic amide) rings is 1. The lowest BCUT2D eigenvalue weighted by Gasteiger charge is -2.49. The molecule has 2 unspecified atom stereocenters. The number of hydrogen-bond donors (Lipinski definition) is 4. The maximum Gasteiger partial charge on any atom is 0.352 e. The first-order chi connectivity index (χ1) is 16.3. The highest BCUT2D eigenvalue weighted by Gasteiger charge is 2.54. The number of aromatic nitrogens is 2. The SMILES string of the molecule is Cc1nnc(SCC2=C(C(=O)O)N3C(=O)C(NC(=O)C(N)c4ccc(NC=O)cc4)[C@@H]3SC2)s1. The Kier molecular flexibility index (Phi) is 7.21. The number of anilines is 1. The average Bonchev–Trinajstić information content (AvgIpc) is 3.25. The van der Waals surface area contributed by atoms with Crippen molar-refractivity contribution in [1.29, 1.82) is 0 Å². The fraction of sp³-hybridized carbons (Fsp3) is 0.300. The Balaban J connectivity index is 1.42. The number of nitrogens with zero attached hydrogens (tertiary/aromatic N) is 3. The number of thioether (sulfide) groups is 2. The van der Waals surface area contributed by atoms with E-state index in [4.69, 9.17) is 5.73 Å². The Morgan fingerprint density at radius 2 is 2.09 bits per heavy atom. The molecule has 0 spiro atoms. The Morgan fingerprint density at radius 1 is 1.35 bits per heavy atom. The third-order valence-corrected chi connectivity index (χ3v) is 8.60. The zero-order valence-corrected chi connectivity index (χ0v) is 20.2. The fourth-order valence-electron chi connectivity index (χ4n) is 3.53. The van der Waals surface area contributed by atoms with Crippen LogP contribution in [0.4, 0.5) is 5.69 Å². The predicted octanol–water partition coefficient (Wildman–Crippen LogP) is 0.946. The van der Waals surface area contributed by atoms with Crippen molar-refractivity contribution in [3.8, 4) is 0 Å². The van der Waals surface area contributed by atoms with Crippen molar-refractivity contribution < 1.29 is 24.3 Å². The van der Waals surface area contributed by atoms with Crippen molar-refractivity contribution in [2.75, 3.05) is 16.8 Å². The van der Waals surface area contributed by atoms with Crippen molar-refractivity contribution in [3.05, 3.63) is 46.1 Å². The molecule has 1 saturated heterocycles. The van der Waals surface area contributed by atoms with Gasteiger partial charge in [-0.1, -0.05) is 35.2 Å². The topological polar surface area (TPSA) is 168 Å². The molecule has 0 bridgehead atoms. The van der Waals surface area contributed by atoms with E-state index in [0.717, 1.165) is 9.35 Å². The predicted molar refractivity (Wildman–Crippen MR) is 128 cm³/mol. The van der Waals surface area contributed by atoms with Crippen LogP contribution in [0, 0.1) is 6.92 Å². The van der Waals surface area contributed by atoms with Crippen molar-refractivity contribution in [3.63, 3.8) is 0 Å². The molecule has 5 N–H and O–H groups in total. The Morgan fingerprint density at radius 3 is 2.71 bits per heavy atom. The number of benzene rings is 1. The number of hydrogen-bond acceptors (Lipinski definition) is 10. The van der Waals surface area contributed by atoms with Gasteiger partial charge in [-0.15, -0.1) is 22.0 Å². The van der Waals surface area contributed by atoms with Gasteiger partial charge in [0.2, 0.25) is 12.3 Å². The van der Waals surface area contributed by atoms with Gasteiger partial charge in [-0.3, -0.25) is 19.3 Å². The molecule has 0 saturated carbocycles. The van der Waals surface area contributed by atoms with Gasteiger partial charge < -0.3 is 21.5 Å². The second-order valence-corrected chi connectivity index (χ2v) is 10.9. The monoisotopic (exact) mass is 520 g/mol. The molecule has 1 fully saturated rings. The first-order valence-electron chi connectivity index (χ1n) is 9.99. The summed E-state index contributed by atoms with van der Waals surface area (Å²) < 4.78 is 0.728. The summed E-state index contributed by atoms with van der Waals surface area (Å²) in [5.74, 6) is -1.45. The minimum atomic E-state index is -1.19. The second kappa shape index (κ2) is 10.1. The van der Waals surface area contributed by atoms with E-state index >= 15 is 0 Å². The summed E-state index contributed by atoms with van der Waals surface area (Å²) in [6.07, 6.45) is 0.540. The largest absolute Gasteiger partial charge is 0.477 e. The molecule has 3 amide bonds. The molecular weight excluding hydrogens is 500 g/mol. The van der Waals surface area contributed by atoms with E-state index in [2.05, 4.69) is 20.8 Å². The van der Waals surface area contributed by atoms with Crippen LogP contribution in [0.25, 0.3) is 0 Å². The van der Waals surface area contributed by atoms with Gasteiger partial charge >= 0.3 is 5.97 Å². The molecule has 3 atom stereocenters. The van der Waals surface area contributed by atoms with E-state index in [1.165, 1.54) is 39.8 Å². The number of carboxylic acids is 1. The van der Waals surface area contributed by atoms with Gasteiger partial charge in [0.05, 0.1) is 0 Å². The van der Waals surface area contributed by atoms with E-state index in [1.54, 1.807) is 24.3 Å². The highest BCUT2D eigenvalue weighted by atomic mass is 32.2. The summed E-state index contributed by atoms with van der Waals surface area (Å²) in [6.45, 7) is 1.84. The van der Waals surface area contributed by atoms with Gasteiger partial charge in [0.1, 0.15) is 28.2 Å². The number of fused-ring (bicyclic) bond motifs is 1. The van der Waals surface area contributed by atoms with E-state index in [9.17, 15) is 24.3 Å². The Bertz CT molecular complexity index is 1170. The Labute approximate surface area is 206 Å². The molecule has 2 aliphatic rings. The quantitative estimate of drug-likeness (QED) is 0.212. The summed E-state index contributed by atoms with van der Waals surface area (Å²) in [6, 6.07) is 4.53. The van der Waals surface area contributed by atoms with E-state index in [1.807, 2.05) is 6.92 Å². The molecule has 2 aromatic rings. The van der Waals surface area contributed by atoms with Gasteiger partial charge in [0, 0.05) is 17.2 Å². The van der Waals surface area contributed by atoms with Crippen molar-refractivity contribution in [1.82, 2.24) is 20.4 Å². The molecular formula is C20H20N6O5S3. The maximum atomic E-state index is 12.8. The van der Waals surface area contributed by atoms with Crippen LogP contribution in [-0.4, -0.2) is 67.3 Å². The molecule has 0 aliphatic carbocycles. The van der Waals surface area contributed by atoms with Crippen LogP contribution in [-0.2, 0) is 19.2 Å². The van der Waals surface area contributed by atoms with Gasteiger partial charge in [0.15, 0.2) is 4.34 Å². The molecule has 178 valence electrons. The minimum Gasteiger partial charge on any atom is -0.477 e. The summed E-state index contributed by atoms with van der Waals surface area (Å²) >= 11 is 4.19. The van der Waals surface area contributed by atoms with Crippen LogP contribution in [0.1, 0.15) is 16.6 Å². The number of nitrogens with one attached hydrogen (secondary N) is 2. The summed E-state index contributed by atoms with van der Waals surface area (Å²) in [4.78, 5) is 49.2. The number of amides is 3. The van der Waals surface area contributed by atoms with Crippen LogP contribution in [0.2, 0.25) is 0 Å². The van der Waals surface area contributed by atoms with Gasteiger partial charge in [0.25, 0.3) is 5.91 Å². The lowest BCUT2D eigenvalue weighted by atomic mass is 10.0. The lowest BCUT2D eigenvalue weighted by molar-refractivity contribution is -0.150. The molecule has 3 heterocycles. The zero-order chi connectivity index (χ0) is 24.4. The first-order valence-corrected chi connectivity index (χ1v) is 12.8. The van der Waals surface area contributed by atoms with Crippen molar-refractivity contribution in [2.24, 2.45) is 5.73 Å². The summed E-state index contributed by atoms with van der Waals surface area (Å²) in [7, 11) is 0. The third kappa shape index (κ3) is 4.80. The van der Waals surface area contributed by atoms with E-state index in [0.29, 0.717) is 34.7 Å². The lowest BCUT2D eigenvalue weighted by Crippen LogP contribution is -2.71. The van der Waals surface area contributed by atoms with Gasteiger partial charge in [-0.05, 0) is 30.2 Å². The van der Waals surface area contributed by atoms with Crippen molar-refractivity contribution in [2.45, 2.75) is 28.7 Å². The van der Waals surface area contributed by atoms with Crippen molar-refractivity contribution >= 4 is 64.7 Å². The van der Waals surface area contributed by atoms with Crippen LogP contribution >= 0.6 is 34.9 Å². The van der Waals surface area contributed by atoms with E-state index in [-0.39, 0.29) is 5.70 Å².